The van der Waals surface area contributed by atoms with Gasteiger partial charge in [0.05, 0.1) is 5.56 Å². The molecule has 0 aliphatic carbocycles. The first kappa shape index (κ1) is 13.3. The van der Waals surface area contributed by atoms with Gasteiger partial charge in [-0.1, -0.05) is 0 Å². The number of hydrogen-bond acceptors (Lipinski definition) is 3. The Balaban J connectivity index is 2.76. The largest absolute Gasteiger partial charge is 0.478 e. The zero-order valence-corrected chi connectivity index (χ0v) is 10.5. The van der Waals surface area contributed by atoms with Gasteiger partial charge in [-0.2, -0.15) is 0 Å². The maximum Gasteiger partial charge on any atom is 0.337 e. The van der Waals surface area contributed by atoms with Crippen LogP contribution in [-0.2, 0) is 16.1 Å². The van der Waals surface area contributed by atoms with E-state index in [0.29, 0.717) is 5.69 Å². The molecule has 5 nitrogen and oxygen atoms in total. The highest BCUT2D eigenvalue weighted by Gasteiger charge is 2.18. The Labute approximate surface area is 100 Å². The summed E-state index contributed by atoms with van der Waals surface area (Å²) in [6, 6.07) is 1.47. The summed E-state index contributed by atoms with van der Waals surface area (Å²) in [6.45, 7) is 7.05. The van der Waals surface area contributed by atoms with Gasteiger partial charge < -0.3 is 14.4 Å². The molecule has 94 valence electrons. The van der Waals surface area contributed by atoms with Crippen molar-refractivity contribution >= 4 is 11.9 Å². The summed E-state index contributed by atoms with van der Waals surface area (Å²) in [5.41, 5.74) is 0.213. The Morgan fingerprint density at radius 3 is 2.41 bits per heavy atom. The molecular formula is C12H17NO4. The molecule has 0 saturated carbocycles. The number of rotatable bonds is 3. The predicted molar refractivity (Wildman–Crippen MR) is 62.0 cm³/mol. The molecule has 1 heterocycles. The van der Waals surface area contributed by atoms with E-state index in [9.17, 15) is 9.59 Å². The van der Waals surface area contributed by atoms with Gasteiger partial charge in [-0.15, -0.1) is 0 Å². The second kappa shape index (κ2) is 4.61. The summed E-state index contributed by atoms with van der Waals surface area (Å²) in [6.07, 6.45) is 1.57. The van der Waals surface area contributed by atoms with Gasteiger partial charge in [0.15, 0.2) is 0 Å². The second-order valence-electron chi connectivity index (χ2n) is 4.83. The van der Waals surface area contributed by atoms with Crippen molar-refractivity contribution in [1.29, 1.82) is 0 Å². The van der Waals surface area contributed by atoms with Gasteiger partial charge in [0.1, 0.15) is 12.1 Å². The summed E-state index contributed by atoms with van der Waals surface area (Å²) in [5.74, 6) is -1.38. The van der Waals surface area contributed by atoms with Crippen LogP contribution in [0.15, 0.2) is 12.3 Å². The number of carbonyl (C=O) groups excluding carboxylic acids is 1. The van der Waals surface area contributed by atoms with Crippen molar-refractivity contribution in [3.63, 3.8) is 0 Å². The highest BCUT2D eigenvalue weighted by molar-refractivity contribution is 5.89. The Morgan fingerprint density at radius 2 is 2.00 bits per heavy atom. The van der Waals surface area contributed by atoms with Crippen molar-refractivity contribution in [2.45, 2.75) is 39.8 Å². The van der Waals surface area contributed by atoms with Crippen LogP contribution in [0.25, 0.3) is 0 Å². The third-order valence-corrected chi connectivity index (χ3v) is 2.19. The van der Waals surface area contributed by atoms with E-state index in [1.54, 1.807) is 38.5 Å². The van der Waals surface area contributed by atoms with E-state index in [4.69, 9.17) is 9.84 Å². The number of carboxylic acid groups (broad SMARTS) is 1. The first-order chi connectivity index (χ1) is 7.70. The lowest BCUT2D eigenvalue weighted by Crippen LogP contribution is -2.26. The summed E-state index contributed by atoms with van der Waals surface area (Å²) in [7, 11) is 0. The van der Waals surface area contributed by atoms with E-state index < -0.39 is 11.6 Å². The summed E-state index contributed by atoms with van der Waals surface area (Å²) in [5, 5.41) is 8.87. The highest BCUT2D eigenvalue weighted by Crippen LogP contribution is 2.12. The van der Waals surface area contributed by atoms with Gasteiger partial charge in [-0.3, -0.25) is 4.79 Å². The Bertz CT molecular complexity index is 440. The number of nitrogens with zero attached hydrogens (tertiary/aromatic N) is 1. The maximum absolute atomic E-state index is 11.6. The van der Waals surface area contributed by atoms with Crippen molar-refractivity contribution < 1.29 is 19.4 Å². The van der Waals surface area contributed by atoms with Gasteiger partial charge in [-0.25, -0.2) is 4.79 Å². The van der Waals surface area contributed by atoms with Crippen molar-refractivity contribution in [1.82, 2.24) is 4.57 Å². The lowest BCUT2D eigenvalue weighted by atomic mass is 10.2. The monoisotopic (exact) mass is 239 g/mol. The average Bonchev–Trinajstić information content (AvgIpc) is 2.44. The van der Waals surface area contributed by atoms with Gasteiger partial charge in [0.25, 0.3) is 0 Å². The van der Waals surface area contributed by atoms with Crippen molar-refractivity contribution in [3.8, 4) is 0 Å². The van der Waals surface area contributed by atoms with E-state index in [0.717, 1.165) is 0 Å². The number of aromatic nitrogens is 1. The lowest BCUT2D eigenvalue weighted by molar-refractivity contribution is -0.155. The molecule has 0 fully saturated rings. The molecule has 1 aromatic heterocycles. The SMILES string of the molecule is Cc1c(C(=O)O)ccn1CC(=O)OC(C)(C)C. The highest BCUT2D eigenvalue weighted by atomic mass is 16.6. The number of carbonyl (C=O) groups is 2. The fourth-order valence-corrected chi connectivity index (χ4v) is 1.46. The van der Waals surface area contributed by atoms with Crippen LogP contribution < -0.4 is 0 Å². The Kier molecular flexibility index (Phi) is 3.60. The molecule has 0 unspecified atom stereocenters. The van der Waals surface area contributed by atoms with Crippen LogP contribution >= 0.6 is 0 Å². The third-order valence-electron chi connectivity index (χ3n) is 2.19. The van der Waals surface area contributed by atoms with E-state index in [2.05, 4.69) is 0 Å². The van der Waals surface area contributed by atoms with E-state index in [-0.39, 0.29) is 18.1 Å². The zero-order valence-electron chi connectivity index (χ0n) is 10.5. The predicted octanol–water partition coefficient (Wildman–Crippen LogP) is 1.84. The van der Waals surface area contributed by atoms with E-state index >= 15 is 0 Å². The van der Waals surface area contributed by atoms with Gasteiger partial charge in [0, 0.05) is 11.9 Å². The number of ether oxygens (including phenoxy) is 1. The van der Waals surface area contributed by atoms with Crippen LogP contribution in [0.4, 0.5) is 0 Å². The zero-order chi connectivity index (χ0) is 13.2. The quantitative estimate of drug-likeness (QED) is 0.817. The van der Waals surface area contributed by atoms with Crippen molar-refractivity contribution in [2.75, 3.05) is 0 Å². The summed E-state index contributed by atoms with van der Waals surface area (Å²) < 4.78 is 6.73. The Hall–Kier alpha value is -1.78. The number of carboxylic acids is 1. The minimum Gasteiger partial charge on any atom is -0.478 e. The molecule has 0 radical (unpaired) electrons. The molecule has 17 heavy (non-hydrogen) atoms. The van der Waals surface area contributed by atoms with Gasteiger partial charge in [0.2, 0.25) is 0 Å². The summed E-state index contributed by atoms with van der Waals surface area (Å²) in [4.78, 5) is 22.4. The second-order valence-corrected chi connectivity index (χ2v) is 4.83. The minimum atomic E-state index is -0.995. The molecule has 0 aliphatic rings. The molecule has 1 aromatic rings. The fourth-order valence-electron chi connectivity index (χ4n) is 1.46. The van der Waals surface area contributed by atoms with Crippen molar-refractivity contribution in [3.05, 3.63) is 23.5 Å². The molecule has 0 atom stereocenters. The topological polar surface area (TPSA) is 68.5 Å². The number of hydrogen-bond donors (Lipinski definition) is 1. The first-order valence-corrected chi connectivity index (χ1v) is 5.31. The molecule has 0 bridgehead atoms. The molecule has 0 saturated heterocycles. The molecule has 1 N–H and O–H groups in total. The standard InChI is InChI=1S/C12H17NO4/c1-8-9(11(15)16)5-6-13(8)7-10(14)17-12(2,3)4/h5-6H,7H2,1-4H3,(H,15,16). The summed E-state index contributed by atoms with van der Waals surface area (Å²) >= 11 is 0. The molecule has 0 aromatic carbocycles. The molecular weight excluding hydrogens is 222 g/mol. The minimum absolute atomic E-state index is 0.0242. The van der Waals surface area contributed by atoms with Crippen molar-refractivity contribution in [2.24, 2.45) is 0 Å². The maximum atomic E-state index is 11.6. The number of esters is 1. The van der Waals surface area contributed by atoms with E-state index in [1.807, 2.05) is 0 Å². The van der Waals surface area contributed by atoms with Crippen LogP contribution in [0, 0.1) is 6.92 Å². The van der Waals surface area contributed by atoms with Crippen LogP contribution in [0.1, 0.15) is 36.8 Å². The molecule has 0 amide bonds. The van der Waals surface area contributed by atoms with Crippen LogP contribution in [0.5, 0.6) is 0 Å². The van der Waals surface area contributed by atoms with Gasteiger partial charge >= 0.3 is 11.9 Å². The molecule has 5 heteroatoms. The molecule has 0 aliphatic heterocycles. The fraction of sp³-hybridized carbons (Fsp3) is 0.500. The molecule has 1 rings (SSSR count). The average molecular weight is 239 g/mol. The van der Waals surface area contributed by atoms with Crippen LogP contribution in [-0.4, -0.2) is 27.2 Å². The molecule has 0 spiro atoms. The third kappa shape index (κ3) is 3.62. The van der Waals surface area contributed by atoms with Gasteiger partial charge in [-0.05, 0) is 33.8 Å². The smallest absolute Gasteiger partial charge is 0.337 e. The Morgan fingerprint density at radius 1 is 1.41 bits per heavy atom. The van der Waals surface area contributed by atoms with Crippen LogP contribution in [0.2, 0.25) is 0 Å². The number of aromatic carboxylic acids is 1. The lowest BCUT2D eigenvalue weighted by Gasteiger charge is -2.20. The van der Waals surface area contributed by atoms with E-state index in [1.165, 1.54) is 6.07 Å². The first-order valence-electron chi connectivity index (χ1n) is 5.31. The normalized spacial score (nSPS) is 11.3. The van der Waals surface area contributed by atoms with Crippen LogP contribution in [0.3, 0.4) is 0 Å².